The van der Waals surface area contributed by atoms with Crippen LogP contribution in [0.2, 0.25) is 0 Å². The molecule has 70 valence electrons. The molecule has 0 fully saturated rings. The molecule has 1 aromatic carbocycles. The Morgan fingerprint density at radius 1 is 1.38 bits per heavy atom. The summed E-state index contributed by atoms with van der Waals surface area (Å²) in [5, 5.41) is 0. The quantitative estimate of drug-likeness (QED) is 0.641. The van der Waals surface area contributed by atoms with Crippen LogP contribution in [0.25, 0.3) is 0 Å². The Kier molecular flexibility index (Phi) is 3.56. The highest BCUT2D eigenvalue weighted by atomic mass is 16.5. The molecule has 0 aromatic heterocycles. The zero-order chi connectivity index (χ0) is 9.68. The lowest BCUT2D eigenvalue weighted by molar-refractivity contribution is 0.414. The minimum atomic E-state index is 0.536. The number of allylic oxidation sites excluding steroid dienone is 1. The van der Waals surface area contributed by atoms with E-state index in [1.165, 1.54) is 5.56 Å². The maximum absolute atomic E-state index is 5.08. The third-order valence-electron chi connectivity index (χ3n) is 2.12. The second-order valence-electron chi connectivity index (χ2n) is 3.27. The van der Waals surface area contributed by atoms with Gasteiger partial charge in [0.1, 0.15) is 5.75 Å². The molecule has 1 heteroatoms. The highest BCUT2D eigenvalue weighted by Crippen LogP contribution is 2.14. The molecule has 0 spiro atoms. The van der Waals surface area contributed by atoms with Gasteiger partial charge in [0.05, 0.1) is 7.11 Å². The fourth-order valence-corrected chi connectivity index (χ4v) is 1.22. The fraction of sp³-hybridized carbons (Fsp3) is 0.333. The van der Waals surface area contributed by atoms with Crippen molar-refractivity contribution in [1.29, 1.82) is 0 Å². The maximum Gasteiger partial charge on any atom is 0.118 e. The first kappa shape index (κ1) is 9.85. The van der Waals surface area contributed by atoms with Crippen LogP contribution in [0.5, 0.6) is 5.75 Å². The summed E-state index contributed by atoms with van der Waals surface area (Å²) in [5.41, 5.74) is 1.33. The van der Waals surface area contributed by atoms with E-state index in [1.807, 2.05) is 18.2 Å². The Hall–Kier alpha value is -1.24. The molecule has 0 N–H and O–H groups in total. The Labute approximate surface area is 80.0 Å². The topological polar surface area (TPSA) is 9.23 Å². The number of rotatable bonds is 4. The predicted octanol–water partition coefficient (Wildman–Crippen LogP) is 3.06. The zero-order valence-electron chi connectivity index (χ0n) is 8.29. The third kappa shape index (κ3) is 2.94. The van der Waals surface area contributed by atoms with E-state index >= 15 is 0 Å². The average molecular weight is 176 g/mol. The van der Waals surface area contributed by atoms with Crippen LogP contribution in [-0.2, 0) is 6.42 Å². The SMILES string of the molecule is C=CC(C)Cc1ccc(OC)cc1. The van der Waals surface area contributed by atoms with Gasteiger partial charge in [0.15, 0.2) is 0 Å². The van der Waals surface area contributed by atoms with E-state index < -0.39 is 0 Å². The molecule has 0 aliphatic heterocycles. The van der Waals surface area contributed by atoms with Gasteiger partial charge in [-0.1, -0.05) is 25.1 Å². The fourth-order valence-electron chi connectivity index (χ4n) is 1.22. The zero-order valence-corrected chi connectivity index (χ0v) is 8.29. The van der Waals surface area contributed by atoms with Gasteiger partial charge in [0.2, 0.25) is 0 Å². The molecule has 1 atom stereocenters. The Morgan fingerprint density at radius 2 is 2.00 bits per heavy atom. The van der Waals surface area contributed by atoms with E-state index in [0.29, 0.717) is 5.92 Å². The summed E-state index contributed by atoms with van der Waals surface area (Å²) < 4.78 is 5.08. The van der Waals surface area contributed by atoms with Gasteiger partial charge in [-0.25, -0.2) is 0 Å². The molecule has 1 rings (SSSR count). The van der Waals surface area contributed by atoms with Crippen molar-refractivity contribution in [3.8, 4) is 5.75 Å². The van der Waals surface area contributed by atoms with Crippen molar-refractivity contribution >= 4 is 0 Å². The molecule has 0 aliphatic rings. The molecule has 0 heterocycles. The number of hydrogen-bond acceptors (Lipinski definition) is 1. The van der Waals surface area contributed by atoms with E-state index in [0.717, 1.165) is 12.2 Å². The van der Waals surface area contributed by atoms with Crippen LogP contribution in [0.3, 0.4) is 0 Å². The van der Waals surface area contributed by atoms with Crippen LogP contribution >= 0.6 is 0 Å². The molecule has 1 unspecified atom stereocenters. The first-order chi connectivity index (χ1) is 6.26. The number of benzene rings is 1. The van der Waals surface area contributed by atoms with Gasteiger partial charge in [0.25, 0.3) is 0 Å². The maximum atomic E-state index is 5.08. The monoisotopic (exact) mass is 176 g/mol. The molecule has 0 aliphatic carbocycles. The number of ether oxygens (including phenoxy) is 1. The first-order valence-electron chi connectivity index (χ1n) is 4.51. The molecule has 0 radical (unpaired) electrons. The molecular formula is C12H16O. The molecule has 1 aromatic rings. The Balaban J connectivity index is 2.63. The van der Waals surface area contributed by atoms with Crippen molar-refractivity contribution in [3.63, 3.8) is 0 Å². The summed E-state index contributed by atoms with van der Waals surface area (Å²) in [7, 11) is 1.68. The van der Waals surface area contributed by atoms with Crippen molar-refractivity contribution in [2.24, 2.45) is 5.92 Å². The average Bonchev–Trinajstić information content (AvgIpc) is 2.19. The van der Waals surface area contributed by atoms with Crippen molar-refractivity contribution in [1.82, 2.24) is 0 Å². The molecule has 0 bridgehead atoms. The van der Waals surface area contributed by atoms with Gasteiger partial charge in [-0.15, -0.1) is 6.58 Å². The van der Waals surface area contributed by atoms with Crippen LogP contribution < -0.4 is 4.74 Å². The van der Waals surface area contributed by atoms with E-state index in [1.54, 1.807) is 7.11 Å². The Bertz CT molecular complexity index is 261. The molecule has 0 saturated heterocycles. The smallest absolute Gasteiger partial charge is 0.118 e. The van der Waals surface area contributed by atoms with E-state index in [9.17, 15) is 0 Å². The Morgan fingerprint density at radius 3 is 2.46 bits per heavy atom. The molecular weight excluding hydrogens is 160 g/mol. The van der Waals surface area contributed by atoms with Crippen LogP contribution in [-0.4, -0.2) is 7.11 Å². The van der Waals surface area contributed by atoms with Crippen molar-refractivity contribution < 1.29 is 4.74 Å². The summed E-state index contributed by atoms with van der Waals surface area (Å²) >= 11 is 0. The van der Waals surface area contributed by atoms with E-state index in [2.05, 4.69) is 25.6 Å². The highest BCUT2D eigenvalue weighted by molar-refractivity contribution is 5.27. The summed E-state index contributed by atoms with van der Waals surface area (Å²) in [5.74, 6) is 1.45. The molecule has 1 nitrogen and oxygen atoms in total. The summed E-state index contributed by atoms with van der Waals surface area (Å²) in [6.45, 7) is 5.93. The predicted molar refractivity (Wildman–Crippen MR) is 56.1 cm³/mol. The number of hydrogen-bond donors (Lipinski definition) is 0. The van der Waals surface area contributed by atoms with E-state index in [4.69, 9.17) is 4.74 Å². The summed E-state index contributed by atoms with van der Waals surface area (Å²) in [4.78, 5) is 0. The van der Waals surface area contributed by atoms with E-state index in [-0.39, 0.29) is 0 Å². The van der Waals surface area contributed by atoms with Gasteiger partial charge in [0, 0.05) is 0 Å². The molecule has 0 saturated carbocycles. The van der Waals surface area contributed by atoms with Gasteiger partial charge < -0.3 is 4.74 Å². The molecule has 13 heavy (non-hydrogen) atoms. The summed E-state index contributed by atoms with van der Waals surface area (Å²) in [6, 6.07) is 8.17. The minimum absolute atomic E-state index is 0.536. The van der Waals surface area contributed by atoms with Gasteiger partial charge in [-0.05, 0) is 30.0 Å². The normalized spacial score (nSPS) is 12.2. The highest BCUT2D eigenvalue weighted by Gasteiger charge is 1.98. The van der Waals surface area contributed by atoms with Crippen molar-refractivity contribution in [2.45, 2.75) is 13.3 Å². The van der Waals surface area contributed by atoms with Crippen LogP contribution in [0.4, 0.5) is 0 Å². The lowest BCUT2D eigenvalue weighted by Crippen LogP contribution is -1.95. The third-order valence-corrected chi connectivity index (χ3v) is 2.12. The largest absolute Gasteiger partial charge is 0.497 e. The van der Waals surface area contributed by atoms with Crippen LogP contribution in [0, 0.1) is 5.92 Å². The molecule has 0 amide bonds. The standard InChI is InChI=1S/C12H16O/c1-4-10(2)9-11-5-7-12(13-3)8-6-11/h4-8,10H,1,9H2,2-3H3. The second kappa shape index (κ2) is 4.70. The van der Waals surface area contributed by atoms with Gasteiger partial charge in [-0.2, -0.15) is 0 Å². The lowest BCUT2D eigenvalue weighted by atomic mass is 10.0. The van der Waals surface area contributed by atoms with Crippen molar-refractivity contribution in [2.75, 3.05) is 7.11 Å². The second-order valence-corrected chi connectivity index (χ2v) is 3.27. The number of methoxy groups -OCH3 is 1. The lowest BCUT2D eigenvalue weighted by Gasteiger charge is -2.06. The summed E-state index contributed by atoms with van der Waals surface area (Å²) in [6.07, 6.45) is 3.03. The van der Waals surface area contributed by atoms with Crippen LogP contribution in [0.15, 0.2) is 36.9 Å². The van der Waals surface area contributed by atoms with Gasteiger partial charge >= 0.3 is 0 Å². The minimum Gasteiger partial charge on any atom is -0.497 e. The van der Waals surface area contributed by atoms with Crippen molar-refractivity contribution in [3.05, 3.63) is 42.5 Å². The van der Waals surface area contributed by atoms with Gasteiger partial charge in [-0.3, -0.25) is 0 Å². The van der Waals surface area contributed by atoms with Crippen LogP contribution in [0.1, 0.15) is 12.5 Å². The first-order valence-corrected chi connectivity index (χ1v) is 4.51.